The summed E-state index contributed by atoms with van der Waals surface area (Å²) in [7, 11) is 0. The van der Waals surface area contributed by atoms with Crippen LogP contribution in [-0.4, -0.2) is 16.0 Å². The Hall–Kier alpha value is -2.89. The number of aryl methyl sites for hydroxylation is 2. The van der Waals surface area contributed by atoms with E-state index < -0.39 is 10.9 Å². The molecular weight excluding hydrogens is 274 g/mol. The van der Waals surface area contributed by atoms with Gasteiger partial charge in [0.1, 0.15) is 17.1 Å². The van der Waals surface area contributed by atoms with E-state index in [1.807, 2.05) is 26.0 Å². The van der Waals surface area contributed by atoms with E-state index in [0.29, 0.717) is 5.75 Å². The number of rotatable bonds is 4. The van der Waals surface area contributed by atoms with Gasteiger partial charge in [0.05, 0.1) is 11.0 Å². The number of nitro groups is 1. The van der Waals surface area contributed by atoms with Crippen molar-refractivity contribution in [3.05, 3.63) is 63.2 Å². The van der Waals surface area contributed by atoms with Crippen LogP contribution in [0.3, 0.4) is 0 Å². The van der Waals surface area contributed by atoms with Crippen molar-refractivity contribution >= 4 is 11.7 Å². The summed E-state index contributed by atoms with van der Waals surface area (Å²) in [6, 6.07) is 8.90. The van der Waals surface area contributed by atoms with E-state index in [-0.39, 0.29) is 17.0 Å². The molecule has 0 atom stereocenters. The highest BCUT2D eigenvalue weighted by molar-refractivity contribution is 5.91. The first-order chi connectivity index (χ1) is 9.88. The van der Waals surface area contributed by atoms with Crippen LogP contribution in [-0.2, 0) is 0 Å². The van der Waals surface area contributed by atoms with Crippen molar-refractivity contribution < 1.29 is 19.6 Å². The number of carboxylic acid groups (broad SMARTS) is 1. The largest absolute Gasteiger partial charge is 0.478 e. The molecule has 0 heterocycles. The Kier molecular flexibility index (Phi) is 3.89. The molecule has 0 amide bonds. The topological polar surface area (TPSA) is 89.7 Å². The Morgan fingerprint density at radius 2 is 1.86 bits per heavy atom. The second-order valence-electron chi connectivity index (χ2n) is 4.61. The molecular formula is C15H13NO5. The zero-order chi connectivity index (χ0) is 15.6. The maximum atomic E-state index is 11.2. The highest BCUT2D eigenvalue weighted by atomic mass is 16.6. The Labute approximate surface area is 120 Å². The first-order valence-corrected chi connectivity index (χ1v) is 6.15. The summed E-state index contributed by atoms with van der Waals surface area (Å²) in [5, 5.41) is 20.0. The number of carboxylic acids is 1. The van der Waals surface area contributed by atoms with Gasteiger partial charge in [-0.05, 0) is 37.1 Å². The van der Waals surface area contributed by atoms with Gasteiger partial charge in [-0.25, -0.2) is 4.79 Å². The van der Waals surface area contributed by atoms with Gasteiger partial charge in [-0.2, -0.15) is 0 Å². The monoisotopic (exact) mass is 287 g/mol. The van der Waals surface area contributed by atoms with Crippen LogP contribution in [0.2, 0.25) is 0 Å². The van der Waals surface area contributed by atoms with Gasteiger partial charge < -0.3 is 9.84 Å². The number of non-ortho nitro benzene ring substituents is 1. The first-order valence-electron chi connectivity index (χ1n) is 6.15. The van der Waals surface area contributed by atoms with Gasteiger partial charge >= 0.3 is 5.97 Å². The molecule has 0 aliphatic carbocycles. The number of aromatic carboxylic acids is 1. The number of benzene rings is 2. The van der Waals surface area contributed by atoms with E-state index >= 15 is 0 Å². The van der Waals surface area contributed by atoms with E-state index in [9.17, 15) is 14.9 Å². The summed E-state index contributed by atoms with van der Waals surface area (Å²) in [5.41, 5.74) is 1.41. The second-order valence-corrected chi connectivity index (χ2v) is 4.61. The van der Waals surface area contributed by atoms with Crippen molar-refractivity contribution in [2.24, 2.45) is 0 Å². The van der Waals surface area contributed by atoms with Gasteiger partial charge in [-0.3, -0.25) is 10.1 Å². The molecule has 21 heavy (non-hydrogen) atoms. The van der Waals surface area contributed by atoms with Gasteiger partial charge in [-0.15, -0.1) is 0 Å². The van der Waals surface area contributed by atoms with Crippen molar-refractivity contribution in [3.8, 4) is 11.5 Å². The van der Waals surface area contributed by atoms with Crippen LogP contribution >= 0.6 is 0 Å². The molecule has 0 bridgehead atoms. The van der Waals surface area contributed by atoms with Gasteiger partial charge in [0.25, 0.3) is 5.69 Å². The smallest absolute Gasteiger partial charge is 0.339 e. The van der Waals surface area contributed by atoms with Gasteiger partial charge in [0, 0.05) is 6.07 Å². The molecule has 108 valence electrons. The lowest BCUT2D eigenvalue weighted by molar-refractivity contribution is -0.384. The Morgan fingerprint density at radius 1 is 1.14 bits per heavy atom. The number of nitro benzene ring substituents is 1. The molecule has 2 aromatic carbocycles. The molecule has 6 nitrogen and oxygen atoms in total. The molecule has 0 aliphatic heterocycles. The molecule has 2 aromatic rings. The summed E-state index contributed by atoms with van der Waals surface area (Å²) >= 11 is 0. The molecule has 1 N–H and O–H groups in total. The number of carbonyl (C=O) groups is 1. The second kappa shape index (κ2) is 5.62. The van der Waals surface area contributed by atoms with Crippen molar-refractivity contribution in [1.82, 2.24) is 0 Å². The van der Waals surface area contributed by atoms with Crippen molar-refractivity contribution in [2.75, 3.05) is 0 Å². The van der Waals surface area contributed by atoms with Gasteiger partial charge in [0.2, 0.25) is 0 Å². The van der Waals surface area contributed by atoms with Crippen LogP contribution in [0.15, 0.2) is 36.4 Å². The van der Waals surface area contributed by atoms with Crippen LogP contribution in [0.5, 0.6) is 11.5 Å². The van der Waals surface area contributed by atoms with Crippen molar-refractivity contribution in [2.45, 2.75) is 13.8 Å². The fraction of sp³-hybridized carbons (Fsp3) is 0.133. The highest BCUT2D eigenvalue weighted by Crippen LogP contribution is 2.31. The zero-order valence-electron chi connectivity index (χ0n) is 11.5. The van der Waals surface area contributed by atoms with Crippen LogP contribution in [0.25, 0.3) is 0 Å². The van der Waals surface area contributed by atoms with Crippen LogP contribution in [0.1, 0.15) is 21.5 Å². The Bertz CT molecular complexity index is 724. The average molecular weight is 287 g/mol. The average Bonchev–Trinajstić information content (AvgIpc) is 2.42. The summed E-state index contributed by atoms with van der Waals surface area (Å²) in [5.74, 6) is -0.784. The molecule has 0 fully saturated rings. The molecule has 0 aromatic heterocycles. The molecule has 0 aliphatic rings. The maximum absolute atomic E-state index is 11.2. The maximum Gasteiger partial charge on any atom is 0.339 e. The van der Waals surface area contributed by atoms with Crippen molar-refractivity contribution in [1.29, 1.82) is 0 Å². The zero-order valence-corrected chi connectivity index (χ0v) is 11.5. The number of hydrogen-bond acceptors (Lipinski definition) is 4. The van der Waals surface area contributed by atoms with Gasteiger partial charge in [-0.1, -0.05) is 12.1 Å². The van der Waals surface area contributed by atoms with Crippen LogP contribution < -0.4 is 4.74 Å². The minimum atomic E-state index is -1.20. The van der Waals surface area contributed by atoms with Gasteiger partial charge in [0.15, 0.2) is 0 Å². The molecule has 2 rings (SSSR count). The Balaban J connectivity index is 2.50. The fourth-order valence-electron chi connectivity index (χ4n) is 1.82. The Morgan fingerprint density at radius 3 is 2.48 bits per heavy atom. The summed E-state index contributed by atoms with van der Waals surface area (Å²) in [6.45, 7) is 3.68. The summed E-state index contributed by atoms with van der Waals surface area (Å²) in [4.78, 5) is 21.4. The van der Waals surface area contributed by atoms with E-state index in [4.69, 9.17) is 9.84 Å². The van der Waals surface area contributed by atoms with Crippen LogP contribution in [0.4, 0.5) is 5.69 Å². The molecule has 0 unspecified atom stereocenters. The third-order valence-electron chi connectivity index (χ3n) is 2.97. The summed E-state index contributed by atoms with van der Waals surface area (Å²) < 4.78 is 5.59. The van der Waals surface area contributed by atoms with E-state index in [1.165, 1.54) is 6.07 Å². The number of hydrogen-bond donors (Lipinski definition) is 1. The molecule has 0 radical (unpaired) electrons. The third kappa shape index (κ3) is 3.17. The lowest BCUT2D eigenvalue weighted by Gasteiger charge is -2.11. The molecule has 0 saturated carbocycles. The predicted octanol–water partition coefficient (Wildman–Crippen LogP) is 3.70. The number of ether oxygens (including phenoxy) is 1. The highest BCUT2D eigenvalue weighted by Gasteiger charge is 2.17. The third-order valence-corrected chi connectivity index (χ3v) is 2.97. The number of nitrogens with zero attached hydrogens (tertiary/aromatic N) is 1. The molecule has 6 heteroatoms. The summed E-state index contributed by atoms with van der Waals surface area (Å²) in [6.07, 6.45) is 0. The minimum absolute atomic E-state index is 0.0506. The SMILES string of the molecule is Cc1ccc(C)c(Oc2cc([N+](=O)[O-])ccc2C(=O)O)c1. The van der Waals surface area contributed by atoms with Crippen molar-refractivity contribution in [3.63, 3.8) is 0 Å². The normalized spacial score (nSPS) is 10.2. The fourth-order valence-corrected chi connectivity index (χ4v) is 1.82. The predicted molar refractivity (Wildman–Crippen MR) is 76.0 cm³/mol. The minimum Gasteiger partial charge on any atom is -0.478 e. The molecule has 0 saturated heterocycles. The van der Waals surface area contributed by atoms with Crippen LogP contribution in [0, 0.1) is 24.0 Å². The van der Waals surface area contributed by atoms with E-state index in [1.54, 1.807) is 6.07 Å². The quantitative estimate of drug-likeness (QED) is 0.684. The van der Waals surface area contributed by atoms with E-state index in [2.05, 4.69) is 0 Å². The molecule has 0 spiro atoms. The standard InChI is InChI=1S/C15H13NO5/c1-9-3-4-10(2)13(7-9)21-14-8-11(16(19)20)5-6-12(14)15(17)18/h3-8H,1-2H3,(H,17,18). The lowest BCUT2D eigenvalue weighted by atomic mass is 10.1. The van der Waals surface area contributed by atoms with E-state index in [0.717, 1.165) is 23.3 Å². The lowest BCUT2D eigenvalue weighted by Crippen LogP contribution is -2.02. The first kappa shape index (κ1) is 14.5.